The fraction of sp³-hybridized carbons (Fsp3) is 0.0400. The number of amides is 1. The van der Waals surface area contributed by atoms with Crippen LogP contribution in [0.3, 0.4) is 0 Å². The lowest BCUT2D eigenvalue weighted by Gasteiger charge is -2.08. The third kappa shape index (κ3) is 6.03. The van der Waals surface area contributed by atoms with Crippen molar-refractivity contribution in [2.24, 2.45) is 0 Å². The summed E-state index contributed by atoms with van der Waals surface area (Å²) < 4.78 is 32.5. The van der Waals surface area contributed by atoms with Gasteiger partial charge in [-0.1, -0.05) is 24.3 Å². The molecule has 2 N–H and O–H groups in total. The Labute approximate surface area is 191 Å². The second kappa shape index (κ2) is 10.1. The minimum atomic E-state index is -3.73. The number of aromatic nitrogens is 1. The number of carbonyl (C=O) groups excluding carboxylic acids is 1. The molecule has 2 heterocycles. The Balaban J connectivity index is 1.40. The fourth-order valence-electron chi connectivity index (χ4n) is 3.03. The van der Waals surface area contributed by atoms with Gasteiger partial charge in [0.2, 0.25) is 10.0 Å². The molecule has 1 amide bonds. The van der Waals surface area contributed by atoms with Crippen LogP contribution in [0.4, 0.5) is 5.69 Å². The molecule has 0 aliphatic rings. The summed E-state index contributed by atoms with van der Waals surface area (Å²) in [5.74, 6) is 0.167. The minimum Gasteiger partial charge on any atom is -0.468 e. The number of hydrogen-bond acceptors (Lipinski definition) is 5. The van der Waals surface area contributed by atoms with Crippen LogP contribution in [0.15, 0.2) is 101 Å². The Morgan fingerprint density at radius 1 is 0.939 bits per heavy atom. The molecule has 0 radical (unpaired) electrons. The number of benzene rings is 2. The van der Waals surface area contributed by atoms with E-state index in [1.165, 1.54) is 30.5 Å². The van der Waals surface area contributed by atoms with Gasteiger partial charge >= 0.3 is 0 Å². The van der Waals surface area contributed by atoms with E-state index < -0.39 is 10.0 Å². The number of furan rings is 1. The van der Waals surface area contributed by atoms with Crippen molar-refractivity contribution in [2.45, 2.75) is 11.4 Å². The predicted octanol–water partition coefficient (Wildman–Crippen LogP) is 4.58. The topological polar surface area (TPSA) is 101 Å². The zero-order valence-electron chi connectivity index (χ0n) is 17.5. The molecule has 2 aromatic heterocycles. The van der Waals surface area contributed by atoms with Crippen molar-refractivity contribution in [3.63, 3.8) is 0 Å². The van der Waals surface area contributed by atoms with Crippen molar-refractivity contribution in [3.8, 4) is 0 Å². The first-order chi connectivity index (χ1) is 16.0. The van der Waals surface area contributed by atoms with Crippen LogP contribution in [-0.2, 0) is 16.6 Å². The zero-order chi connectivity index (χ0) is 23.1. The smallest absolute Gasteiger partial charge is 0.255 e. The van der Waals surface area contributed by atoms with Crippen molar-refractivity contribution >= 4 is 33.8 Å². The highest BCUT2D eigenvalue weighted by Crippen LogP contribution is 2.16. The molecule has 0 saturated carbocycles. The van der Waals surface area contributed by atoms with Crippen molar-refractivity contribution in [1.29, 1.82) is 0 Å². The molecule has 0 spiro atoms. The van der Waals surface area contributed by atoms with Crippen LogP contribution >= 0.6 is 0 Å². The summed E-state index contributed by atoms with van der Waals surface area (Å²) in [5.41, 5.74) is 2.71. The average molecular weight is 460 g/mol. The summed E-state index contributed by atoms with van der Waals surface area (Å²) in [5, 5.41) is 2.83. The van der Waals surface area contributed by atoms with Crippen LogP contribution in [0.1, 0.15) is 27.4 Å². The predicted molar refractivity (Wildman–Crippen MR) is 127 cm³/mol. The van der Waals surface area contributed by atoms with Gasteiger partial charge in [-0.2, -0.15) is 0 Å². The summed E-state index contributed by atoms with van der Waals surface area (Å²) >= 11 is 0. The number of anilines is 1. The van der Waals surface area contributed by atoms with E-state index in [9.17, 15) is 13.2 Å². The Morgan fingerprint density at radius 3 is 2.52 bits per heavy atom. The molecule has 7 nitrogen and oxygen atoms in total. The lowest BCUT2D eigenvalue weighted by atomic mass is 10.1. The second-order valence-corrected chi connectivity index (χ2v) is 8.86. The first kappa shape index (κ1) is 22.2. The SMILES string of the molecule is O=C(Nc1cccc(C=Cc2ccccn2)c1)c1ccc(S(=O)(=O)NCc2ccco2)cc1. The maximum Gasteiger partial charge on any atom is 0.255 e. The first-order valence-corrected chi connectivity index (χ1v) is 11.6. The number of nitrogens with zero attached hydrogens (tertiary/aromatic N) is 1. The quantitative estimate of drug-likeness (QED) is 0.402. The molecule has 33 heavy (non-hydrogen) atoms. The Morgan fingerprint density at radius 2 is 1.79 bits per heavy atom. The van der Waals surface area contributed by atoms with Gasteiger partial charge in [0.1, 0.15) is 5.76 Å². The van der Waals surface area contributed by atoms with Crippen molar-refractivity contribution in [2.75, 3.05) is 5.32 Å². The summed E-state index contributed by atoms with van der Waals surface area (Å²) in [7, 11) is -3.73. The van der Waals surface area contributed by atoms with Gasteiger partial charge in [0.05, 0.1) is 23.4 Å². The van der Waals surface area contributed by atoms with Crippen LogP contribution in [0.5, 0.6) is 0 Å². The molecule has 0 bridgehead atoms. The van der Waals surface area contributed by atoms with Crippen molar-refractivity contribution in [3.05, 3.63) is 114 Å². The van der Waals surface area contributed by atoms with E-state index in [4.69, 9.17) is 4.42 Å². The molecule has 4 aromatic rings. The lowest BCUT2D eigenvalue weighted by molar-refractivity contribution is 0.102. The third-order valence-electron chi connectivity index (χ3n) is 4.72. The lowest BCUT2D eigenvalue weighted by Crippen LogP contribution is -2.23. The number of rotatable bonds is 8. The van der Waals surface area contributed by atoms with Crippen LogP contribution in [-0.4, -0.2) is 19.3 Å². The van der Waals surface area contributed by atoms with Gasteiger partial charge in [0.25, 0.3) is 5.91 Å². The molecule has 2 aromatic carbocycles. The Kier molecular flexibility index (Phi) is 6.77. The molecule has 0 fully saturated rings. The highest BCUT2D eigenvalue weighted by Gasteiger charge is 2.15. The molecule has 0 unspecified atom stereocenters. The summed E-state index contributed by atoms with van der Waals surface area (Å²) in [4.78, 5) is 16.9. The first-order valence-electron chi connectivity index (χ1n) is 10.1. The average Bonchev–Trinajstić information content (AvgIpc) is 3.36. The number of sulfonamides is 1. The minimum absolute atomic E-state index is 0.0443. The van der Waals surface area contributed by atoms with Gasteiger partial charge in [0.15, 0.2) is 0 Å². The Hall–Kier alpha value is -4.01. The van der Waals surface area contributed by atoms with Gasteiger partial charge in [-0.15, -0.1) is 0 Å². The van der Waals surface area contributed by atoms with Crippen LogP contribution in [0, 0.1) is 0 Å². The van der Waals surface area contributed by atoms with E-state index >= 15 is 0 Å². The molecule has 0 aliphatic heterocycles. The van der Waals surface area contributed by atoms with Crippen LogP contribution < -0.4 is 10.0 Å². The molecule has 166 valence electrons. The van der Waals surface area contributed by atoms with Gasteiger partial charge in [0, 0.05) is 17.4 Å². The standard InChI is InChI=1S/C25H21N3O4S/c29-25(28-22-7-3-5-19(17-22)9-12-21-6-1-2-15-26-21)20-10-13-24(14-11-20)33(30,31)27-18-23-8-4-16-32-23/h1-17,27H,18H2,(H,28,29). The maximum absolute atomic E-state index is 12.6. The number of nitrogens with one attached hydrogen (secondary N) is 2. The van der Waals surface area contributed by atoms with Gasteiger partial charge in [-0.3, -0.25) is 9.78 Å². The molecular weight excluding hydrogens is 438 g/mol. The Bertz CT molecular complexity index is 1350. The second-order valence-electron chi connectivity index (χ2n) is 7.10. The molecule has 0 aliphatic carbocycles. The highest BCUT2D eigenvalue weighted by atomic mass is 32.2. The summed E-state index contributed by atoms with van der Waals surface area (Å²) in [6.07, 6.45) is 7.00. The zero-order valence-corrected chi connectivity index (χ0v) is 18.3. The maximum atomic E-state index is 12.6. The number of carbonyl (C=O) groups is 1. The summed E-state index contributed by atoms with van der Waals surface area (Å²) in [6, 6.07) is 22.2. The van der Waals surface area contributed by atoms with Gasteiger partial charge < -0.3 is 9.73 Å². The van der Waals surface area contributed by atoms with Crippen molar-refractivity contribution in [1.82, 2.24) is 9.71 Å². The van der Waals surface area contributed by atoms with E-state index in [1.807, 2.05) is 48.6 Å². The van der Waals surface area contributed by atoms with E-state index in [0.29, 0.717) is 17.0 Å². The highest BCUT2D eigenvalue weighted by molar-refractivity contribution is 7.89. The van der Waals surface area contributed by atoms with E-state index in [1.54, 1.807) is 24.4 Å². The number of hydrogen-bond donors (Lipinski definition) is 2. The van der Waals surface area contributed by atoms with Crippen molar-refractivity contribution < 1.29 is 17.6 Å². The number of pyridine rings is 1. The molecule has 0 atom stereocenters. The fourth-order valence-corrected chi connectivity index (χ4v) is 4.02. The van der Waals surface area contributed by atoms with Crippen LogP contribution in [0.25, 0.3) is 12.2 Å². The molecule has 0 saturated heterocycles. The van der Waals surface area contributed by atoms with Gasteiger partial charge in [-0.05, 0) is 72.3 Å². The van der Waals surface area contributed by atoms with E-state index in [-0.39, 0.29) is 17.3 Å². The van der Waals surface area contributed by atoms with Gasteiger partial charge in [-0.25, -0.2) is 13.1 Å². The van der Waals surface area contributed by atoms with Crippen LogP contribution in [0.2, 0.25) is 0 Å². The summed E-state index contributed by atoms with van der Waals surface area (Å²) in [6.45, 7) is 0.0443. The monoisotopic (exact) mass is 459 g/mol. The van der Waals surface area contributed by atoms with E-state index in [2.05, 4.69) is 15.0 Å². The van der Waals surface area contributed by atoms with E-state index in [0.717, 1.165) is 11.3 Å². The molecular formula is C25H21N3O4S. The third-order valence-corrected chi connectivity index (χ3v) is 6.14. The molecule has 4 rings (SSSR count). The largest absolute Gasteiger partial charge is 0.468 e. The normalized spacial score (nSPS) is 11.5. The molecule has 8 heteroatoms.